The molecule has 0 bridgehead atoms. The quantitative estimate of drug-likeness (QED) is 0.780. The number of carbonyl (C=O) groups excluding carboxylic acids is 1. The van der Waals surface area contributed by atoms with Crippen LogP contribution in [0, 0.1) is 6.92 Å². The normalized spacial score (nSPS) is 10.2. The van der Waals surface area contributed by atoms with E-state index in [2.05, 4.69) is 0 Å². The summed E-state index contributed by atoms with van der Waals surface area (Å²) in [7, 11) is 0. The zero-order chi connectivity index (χ0) is 12.3. The zero-order valence-corrected chi connectivity index (χ0v) is 10.0. The molecule has 0 spiro atoms. The van der Waals surface area contributed by atoms with Gasteiger partial charge in [-0.1, -0.05) is 11.6 Å². The van der Waals surface area contributed by atoms with Gasteiger partial charge >= 0.3 is 0 Å². The number of hydrogen-bond acceptors (Lipinski definition) is 3. The molecule has 1 heterocycles. The Bertz CT molecular complexity index is 517. The molecule has 0 amide bonds. The predicted molar refractivity (Wildman–Crippen MR) is 64.7 cm³/mol. The Morgan fingerprint density at radius 3 is 2.88 bits per heavy atom. The molecule has 1 aromatic carbocycles. The third kappa shape index (κ3) is 2.88. The standard InChI is InChI=1S/C13H11ClO3/c1-9-7-10(4-5-11(9)14)17-8-12(15)13-3-2-6-16-13/h2-7H,8H2,1H3. The van der Waals surface area contributed by atoms with Crippen molar-refractivity contribution in [3.05, 3.63) is 52.9 Å². The maximum absolute atomic E-state index is 11.6. The molecule has 0 aliphatic carbocycles. The Labute approximate surface area is 104 Å². The fourth-order valence-electron chi connectivity index (χ4n) is 1.36. The molecule has 1 aromatic heterocycles. The SMILES string of the molecule is Cc1cc(OCC(=O)c2ccco2)ccc1Cl. The minimum Gasteiger partial charge on any atom is -0.485 e. The second-order valence-corrected chi connectivity index (χ2v) is 4.01. The van der Waals surface area contributed by atoms with Crippen LogP contribution in [-0.4, -0.2) is 12.4 Å². The Hall–Kier alpha value is -1.74. The minimum atomic E-state index is -0.192. The second kappa shape index (κ2) is 5.06. The average Bonchev–Trinajstić information content (AvgIpc) is 2.84. The van der Waals surface area contributed by atoms with Gasteiger partial charge in [0.25, 0.3) is 0 Å². The van der Waals surface area contributed by atoms with E-state index in [9.17, 15) is 4.79 Å². The molecular weight excluding hydrogens is 240 g/mol. The van der Waals surface area contributed by atoms with Crippen molar-refractivity contribution < 1.29 is 13.9 Å². The zero-order valence-electron chi connectivity index (χ0n) is 9.27. The van der Waals surface area contributed by atoms with Gasteiger partial charge in [-0.2, -0.15) is 0 Å². The topological polar surface area (TPSA) is 39.4 Å². The molecule has 4 heteroatoms. The van der Waals surface area contributed by atoms with Crippen molar-refractivity contribution in [3.63, 3.8) is 0 Å². The van der Waals surface area contributed by atoms with Crippen molar-refractivity contribution in [1.82, 2.24) is 0 Å². The molecule has 0 aliphatic heterocycles. The summed E-state index contributed by atoms with van der Waals surface area (Å²) in [6, 6.07) is 8.53. The van der Waals surface area contributed by atoms with Gasteiger partial charge in [-0.15, -0.1) is 0 Å². The highest BCUT2D eigenvalue weighted by molar-refractivity contribution is 6.31. The van der Waals surface area contributed by atoms with Crippen molar-refractivity contribution in [3.8, 4) is 5.75 Å². The molecular formula is C13H11ClO3. The Morgan fingerprint density at radius 1 is 1.41 bits per heavy atom. The second-order valence-electron chi connectivity index (χ2n) is 3.60. The number of halogens is 1. The lowest BCUT2D eigenvalue weighted by atomic mass is 10.2. The monoisotopic (exact) mass is 250 g/mol. The predicted octanol–water partition coefficient (Wildman–Crippen LogP) is 3.50. The molecule has 0 radical (unpaired) electrons. The third-order valence-corrected chi connectivity index (χ3v) is 2.72. The number of ketones is 1. The molecule has 2 rings (SSSR count). The molecule has 0 saturated heterocycles. The first-order valence-corrected chi connectivity index (χ1v) is 5.50. The molecule has 0 unspecified atom stereocenters. The average molecular weight is 251 g/mol. The highest BCUT2D eigenvalue weighted by Crippen LogP contribution is 2.21. The van der Waals surface area contributed by atoms with Gasteiger partial charge in [-0.05, 0) is 42.8 Å². The summed E-state index contributed by atoms with van der Waals surface area (Å²) in [5.41, 5.74) is 0.912. The maximum Gasteiger partial charge on any atom is 0.235 e. The summed E-state index contributed by atoms with van der Waals surface area (Å²) in [6.45, 7) is 1.83. The summed E-state index contributed by atoms with van der Waals surface area (Å²) in [5, 5.41) is 0.676. The smallest absolute Gasteiger partial charge is 0.235 e. The number of rotatable bonds is 4. The number of hydrogen-bond donors (Lipinski definition) is 0. The number of carbonyl (C=O) groups is 1. The number of Topliss-reactive ketones (excluding diaryl/α,β-unsaturated/α-hetero) is 1. The fraction of sp³-hybridized carbons (Fsp3) is 0.154. The maximum atomic E-state index is 11.6. The van der Waals surface area contributed by atoms with Crippen LogP contribution in [0.25, 0.3) is 0 Å². The summed E-state index contributed by atoms with van der Waals surface area (Å²) < 4.78 is 10.3. The molecule has 2 aromatic rings. The van der Waals surface area contributed by atoms with Crippen molar-refractivity contribution in [2.45, 2.75) is 6.92 Å². The minimum absolute atomic E-state index is 0.0470. The summed E-state index contributed by atoms with van der Waals surface area (Å²) in [4.78, 5) is 11.6. The number of aryl methyl sites for hydroxylation is 1. The van der Waals surface area contributed by atoms with Crippen LogP contribution < -0.4 is 4.74 Å². The van der Waals surface area contributed by atoms with Crippen LogP contribution >= 0.6 is 11.6 Å². The van der Waals surface area contributed by atoms with Crippen molar-refractivity contribution >= 4 is 17.4 Å². The van der Waals surface area contributed by atoms with Gasteiger partial charge in [0.2, 0.25) is 5.78 Å². The van der Waals surface area contributed by atoms with Gasteiger partial charge in [0.05, 0.1) is 6.26 Å². The Balaban J connectivity index is 1.98. The van der Waals surface area contributed by atoms with Crippen LogP contribution in [0.1, 0.15) is 16.1 Å². The summed E-state index contributed by atoms with van der Waals surface area (Å²) in [6.07, 6.45) is 1.46. The van der Waals surface area contributed by atoms with Crippen molar-refractivity contribution in [2.75, 3.05) is 6.61 Å². The molecule has 0 N–H and O–H groups in total. The molecule has 0 fully saturated rings. The van der Waals surface area contributed by atoms with Crippen LogP contribution in [0.3, 0.4) is 0 Å². The summed E-state index contributed by atoms with van der Waals surface area (Å²) >= 11 is 5.89. The highest BCUT2D eigenvalue weighted by atomic mass is 35.5. The van der Waals surface area contributed by atoms with Gasteiger partial charge in [0.15, 0.2) is 12.4 Å². The molecule has 3 nitrogen and oxygen atoms in total. The van der Waals surface area contributed by atoms with Gasteiger partial charge in [0.1, 0.15) is 5.75 Å². The molecule has 88 valence electrons. The van der Waals surface area contributed by atoms with Crippen LogP contribution in [-0.2, 0) is 0 Å². The van der Waals surface area contributed by atoms with Gasteiger partial charge in [-0.25, -0.2) is 0 Å². The number of benzene rings is 1. The first kappa shape index (κ1) is 11.7. The van der Waals surface area contributed by atoms with Crippen molar-refractivity contribution in [1.29, 1.82) is 0 Å². The van der Waals surface area contributed by atoms with Gasteiger partial charge in [0, 0.05) is 5.02 Å². The molecule has 17 heavy (non-hydrogen) atoms. The van der Waals surface area contributed by atoms with E-state index in [0.717, 1.165) is 5.56 Å². The first-order valence-electron chi connectivity index (χ1n) is 5.12. The largest absolute Gasteiger partial charge is 0.485 e. The number of furan rings is 1. The lowest BCUT2D eigenvalue weighted by Gasteiger charge is -2.06. The van der Waals surface area contributed by atoms with E-state index >= 15 is 0 Å². The number of ether oxygens (including phenoxy) is 1. The lowest BCUT2D eigenvalue weighted by Crippen LogP contribution is -2.10. The lowest BCUT2D eigenvalue weighted by molar-refractivity contribution is 0.0893. The van der Waals surface area contributed by atoms with Crippen LogP contribution in [0.15, 0.2) is 41.0 Å². The van der Waals surface area contributed by atoms with Gasteiger partial charge in [-0.3, -0.25) is 4.79 Å². The first-order chi connectivity index (χ1) is 8.16. The van der Waals surface area contributed by atoms with Crippen LogP contribution in [0.4, 0.5) is 0 Å². The van der Waals surface area contributed by atoms with E-state index in [1.807, 2.05) is 6.92 Å². The Morgan fingerprint density at radius 2 is 2.24 bits per heavy atom. The van der Waals surface area contributed by atoms with Crippen LogP contribution in [0.2, 0.25) is 5.02 Å². The summed E-state index contributed by atoms with van der Waals surface area (Å²) in [5.74, 6) is 0.727. The van der Waals surface area contributed by atoms with E-state index in [1.165, 1.54) is 6.26 Å². The molecule has 0 atom stereocenters. The Kier molecular flexibility index (Phi) is 3.49. The molecule has 0 aliphatic rings. The van der Waals surface area contributed by atoms with Crippen LogP contribution in [0.5, 0.6) is 5.75 Å². The fourth-order valence-corrected chi connectivity index (χ4v) is 1.48. The van der Waals surface area contributed by atoms with E-state index in [1.54, 1.807) is 30.3 Å². The van der Waals surface area contributed by atoms with E-state index in [-0.39, 0.29) is 12.4 Å². The van der Waals surface area contributed by atoms with E-state index in [4.69, 9.17) is 20.8 Å². The van der Waals surface area contributed by atoms with Gasteiger partial charge < -0.3 is 9.15 Å². The van der Waals surface area contributed by atoms with Crippen molar-refractivity contribution in [2.24, 2.45) is 0 Å². The highest BCUT2D eigenvalue weighted by Gasteiger charge is 2.09. The van der Waals surface area contributed by atoms with E-state index < -0.39 is 0 Å². The molecule has 0 saturated carbocycles. The van der Waals surface area contributed by atoms with E-state index in [0.29, 0.717) is 16.5 Å². The third-order valence-electron chi connectivity index (χ3n) is 2.30.